The van der Waals surface area contributed by atoms with E-state index in [2.05, 4.69) is 5.32 Å². The van der Waals surface area contributed by atoms with Crippen LogP contribution in [0.25, 0.3) is 0 Å². The number of carboxylic acids is 1. The SMILES string of the molecule is COc1cc(C(=O)O)cc(NC(=O)c2ccc(C(C)C)c([N+](=O)[O-])c2)c1OC. The molecule has 0 fully saturated rings. The number of nitrogens with one attached hydrogen (secondary N) is 1. The second kappa shape index (κ2) is 8.38. The fraction of sp³-hybridized carbons (Fsp3) is 0.263. The molecule has 0 bridgehead atoms. The summed E-state index contributed by atoms with van der Waals surface area (Å²) in [6.45, 7) is 3.63. The molecule has 28 heavy (non-hydrogen) atoms. The van der Waals surface area contributed by atoms with Gasteiger partial charge in [-0.15, -0.1) is 0 Å². The Morgan fingerprint density at radius 1 is 1.11 bits per heavy atom. The smallest absolute Gasteiger partial charge is 0.335 e. The van der Waals surface area contributed by atoms with Crippen molar-refractivity contribution < 1.29 is 29.1 Å². The number of aromatic carboxylic acids is 1. The van der Waals surface area contributed by atoms with Gasteiger partial charge in [0.25, 0.3) is 11.6 Å². The molecule has 2 rings (SSSR count). The molecule has 9 nitrogen and oxygen atoms in total. The van der Waals surface area contributed by atoms with Gasteiger partial charge in [0.1, 0.15) is 0 Å². The number of hydrogen-bond donors (Lipinski definition) is 2. The number of hydrogen-bond acceptors (Lipinski definition) is 6. The predicted molar refractivity (Wildman–Crippen MR) is 102 cm³/mol. The van der Waals surface area contributed by atoms with E-state index in [1.165, 1.54) is 44.6 Å². The van der Waals surface area contributed by atoms with Crippen molar-refractivity contribution in [3.05, 3.63) is 57.1 Å². The molecule has 0 aliphatic carbocycles. The number of ether oxygens (including phenoxy) is 2. The van der Waals surface area contributed by atoms with Crippen LogP contribution in [0.1, 0.15) is 46.0 Å². The third kappa shape index (κ3) is 4.20. The molecule has 2 aromatic carbocycles. The predicted octanol–water partition coefficient (Wildman–Crippen LogP) is 3.69. The molecule has 0 saturated heterocycles. The van der Waals surface area contributed by atoms with Gasteiger partial charge in [-0.1, -0.05) is 19.9 Å². The van der Waals surface area contributed by atoms with Gasteiger partial charge in [0.05, 0.1) is 30.4 Å². The third-order valence-corrected chi connectivity index (χ3v) is 4.09. The van der Waals surface area contributed by atoms with Gasteiger partial charge in [-0.05, 0) is 24.1 Å². The average molecular weight is 388 g/mol. The van der Waals surface area contributed by atoms with E-state index in [1.54, 1.807) is 0 Å². The Morgan fingerprint density at radius 2 is 1.79 bits per heavy atom. The van der Waals surface area contributed by atoms with Crippen molar-refractivity contribution >= 4 is 23.3 Å². The lowest BCUT2D eigenvalue weighted by Gasteiger charge is -2.15. The summed E-state index contributed by atoms with van der Waals surface area (Å²) in [6, 6.07) is 6.68. The first-order chi connectivity index (χ1) is 13.2. The number of nitrogens with zero attached hydrogens (tertiary/aromatic N) is 1. The summed E-state index contributed by atoms with van der Waals surface area (Å²) < 4.78 is 10.3. The zero-order chi connectivity index (χ0) is 21.0. The highest BCUT2D eigenvalue weighted by molar-refractivity contribution is 6.06. The number of carbonyl (C=O) groups is 2. The molecule has 0 aromatic heterocycles. The minimum Gasteiger partial charge on any atom is -0.493 e. The second-order valence-corrected chi connectivity index (χ2v) is 6.20. The molecular weight excluding hydrogens is 368 g/mol. The van der Waals surface area contributed by atoms with E-state index in [4.69, 9.17) is 9.47 Å². The van der Waals surface area contributed by atoms with Gasteiger partial charge in [0, 0.05) is 17.2 Å². The Morgan fingerprint density at radius 3 is 2.29 bits per heavy atom. The molecule has 2 aromatic rings. The molecule has 0 saturated carbocycles. The molecule has 0 aliphatic rings. The molecule has 2 N–H and O–H groups in total. The van der Waals surface area contributed by atoms with Crippen LogP contribution in [0.3, 0.4) is 0 Å². The largest absolute Gasteiger partial charge is 0.493 e. The minimum atomic E-state index is -1.21. The number of methoxy groups -OCH3 is 2. The molecular formula is C19H20N2O7. The first-order valence-corrected chi connectivity index (χ1v) is 8.28. The number of carboxylic acid groups (broad SMARTS) is 1. The molecule has 1 amide bonds. The molecule has 0 heterocycles. The lowest BCUT2D eigenvalue weighted by Crippen LogP contribution is -2.14. The molecule has 9 heteroatoms. The maximum Gasteiger partial charge on any atom is 0.335 e. The van der Waals surface area contributed by atoms with Crippen LogP contribution in [0, 0.1) is 10.1 Å². The molecule has 0 atom stereocenters. The summed E-state index contributed by atoms with van der Waals surface area (Å²) in [5.74, 6) is -1.70. The molecule has 0 spiro atoms. The highest BCUT2D eigenvalue weighted by atomic mass is 16.6. The van der Waals surface area contributed by atoms with Gasteiger partial charge < -0.3 is 19.9 Å². The third-order valence-electron chi connectivity index (χ3n) is 4.09. The topological polar surface area (TPSA) is 128 Å². The number of rotatable bonds is 7. The summed E-state index contributed by atoms with van der Waals surface area (Å²) in [5.41, 5.74) is 0.354. The first kappa shape index (κ1) is 20.7. The van der Waals surface area contributed by atoms with Crippen LogP contribution in [0.4, 0.5) is 11.4 Å². The monoisotopic (exact) mass is 388 g/mol. The number of benzene rings is 2. The van der Waals surface area contributed by atoms with Crippen molar-refractivity contribution in [1.29, 1.82) is 0 Å². The van der Waals surface area contributed by atoms with Gasteiger partial charge in [-0.3, -0.25) is 14.9 Å². The van der Waals surface area contributed by atoms with E-state index in [0.29, 0.717) is 5.56 Å². The van der Waals surface area contributed by atoms with Gasteiger partial charge in [0.15, 0.2) is 11.5 Å². The average Bonchev–Trinajstić information content (AvgIpc) is 2.66. The molecule has 0 radical (unpaired) electrons. The molecule has 0 aliphatic heterocycles. The zero-order valence-electron chi connectivity index (χ0n) is 15.8. The van der Waals surface area contributed by atoms with E-state index in [0.717, 1.165) is 0 Å². The highest BCUT2D eigenvalue weighted by Crippen LogP contribution is 2.37. The van der Waals surface area contributed by atoms with Crippen LogP contribution in [0.5, 0.6) is 11.5 Å². The lowest BCUT2D eigenvalue weighted by atomic mass is 9.99. The first-order valence-electron chi connectivity index (χ1n) is 8.28. The molecule has 0 unspecified atom stereocenters. The van der Waals surface area contributed by atoms with Crippen molar-refractivity contribution in [2.45, 2.75) is 19.8 Å². The highest BCUT2D eigenvalue weighted by Gasteiger charge is 2.22. The number of nitro benzene ring substituents is 1. The zero-order valence-corrected chi connectivity index (χ0v) is 15.8. The Hall–Kier alpha value is -3.62. The standard InChI is InChI=1S/C19H20N2O7/c1-10(2)13-6-5-11(8-15(13)21(25)26)18(22)20-14-7-12(19(23)24)9-16(27-3)17(14)28-4/h5-10H,1-4H3,(H,20,22)(H,23,24). The Bertz CT molecular complexity index is 938. The number of nitro groups is 1. The van der Waals surface area contributed by atoms with Crippen molar-refractivity contribution in [3.8, 4) is 11.5 Å². The van der Waals surface area contributed by atoms with Crippen molar-refractivity contribution in [2.75, 3.05) is 19.5 Å². The second-order valence-electron chi connectivity index (χ2n) is 6.20. The van der Waals surface area contributed by atoms with E-state index in [1.807, 2.05) is 13.8 Å². The van der Waals surface area contributed by atoms with Crippen LogP contribution < -0.4 is 14.8 Å². The van der Waals surface area contributed by atoms with E-state index < -0.39 is 16.8 Å². The Kier molecular flexibility index (Phi) is 6.19. The quantitative estimate of drug-likeness (QED) is 0.547. The Labute approximate surface area is 161 Å². The molecule has 148 valence electrons. The summed E-state index contributed by atoms with van der Waals surface area (Å²) >= 11 is 0. The van der Waals surface area contributed by atoms with E-state index in [9.17, 15) is 24.8 Å². The summed E-state index contributed by atoms with van der Waals surface area (Å²) in [6.07, 6.45) is 0. The van der Waals surface area contributed by atoms with Gasteiger partial charge in [-0.2, -0.15) is 0 Å². The van der Waals surface area contributed by atoms with Crippen LogP contribution in [-0.2, 0) is 0 Å². The van der Waals surface area contributed by atoms with Gasteiger partial charge >= 0.3 is 5.97 Å². The normalized spacial score (nSPS) is 10.5. The van der Waals surface area contributed by atoms with Crippen LogP contribution in [0.2, 0.25) is 0 Å². The lowest BCUT2D eigenvalue weighted by molar-refractivity contribution is -0.385. The number of anilines is 1. The number of carbonyl (C=O) groups excluding carboxylic acids is 1. The van der Waals surface area contributed by atoms with Crippen LogP contribution >= 0.6 is 0 Å². The maximum absolute atomic E-state index is 12.6. The maximum atomic E-state index is 12.6. The van der Waals surface area contributed by atoms with Crippen LogP contribution in [0.15, 0.2) is 30.3 Å². The summed E-state index contributed by atoms with van der Waals surface area (Å²) in [4.78, 5) is 34.7. The van der Waals surface area contributed by atoms with Crippen LogP contribution in [-0.4, -0.2) is 36.1 Å². The van der Waals surface area contributed by atoms with E-state index in [-0.39, 0.29) is 39.9 Å². The fourth-order valence-corrected chi connectivity index (χ4v) is 2.71. The van der Waals surface area contributed by atoms with Crippen molar-refractivity contribution in [2.24, 2.45) is 0 Å². The summed E-state index contributed by atoms with van der Waals surface area (Å²) in [5, 5.41) is 23.1. The van der Waals surface area contributed by atoms with Crippen molar-refractivity contribution in [1.82, 2.24) is 0 Å². The number of amides is 1. The Balaban J connectivity index is 2.47. The van der Waals surface area contributed by atoms with E-state index >= 15 is 0 Å². The van der Waals surface area contributed by atoms with Gasteiger partial charge in [0.2, 0.25) is 0 Å². The minimum absolute atomic E-state index is 0.0536. The van der Waals surface area contributed by atoms with Gasteiger partial charge in [-0.25, -0.2) is 4.79 Å². The van der Waals surface area contributed by atoms with Crippen molar-refractivity contribution in [3.63, 3.8) is 0 Å². The summed E-state index contributed by atoms with van der Waals surface area (Å²) in [7, 11) is 2.68. The fourth-order valence-electron chi connectivity index (χ4n) is 2.71.